The average Bonchev–Trinajstić information content (AvgIpc) is 1.95. The lowest BCUT2D eigenvalue weighted by molar-refractivity contribution is -0.107. The molecule has 0 saturated carbocycles. The van der Waals surface area contributed by atoms with Crippen molar-refractivity contribution < 1.29 is 22.5 Å². The van der Waals surface area contributed by atoms with Crippen LogP contribution in [-0.2, 0) is 0 Å². The Balaban J connectivity index is 6.04. The molecule has 1 unspecified atom stereocenters. The van der Waals surface area contributed by atoms with Crippen molar-refractivity contribution in [3.05, 3.63) is 0 Å². The number of hydrogen-bond acceptors (Lipinski definition) is 2. The fourth-order valence-corrected chi connectivity index (χ4v) is 0. The molecule has 0 amide bonds. The fraction of sp³-hybridized carbons (Fsp3) is 1.00. The summed E-state index contributed by atoms with van der Waals surface area (Å²) in [5.41, 5.74) is -7.06. The van der Waals surface area contributed by atoms with Gasteiger partial charge in [0.15, 0.2) is 0 Å². The van der Waals surface area contributed by atoms with Crippen LogP contribution >= 0.6 is 0 Å². The summed E-state index contributed by atoms with van der Waals surface area (Å²) in [4.78, 5) is 0. The molecule has 0 aliphatic heterocycles. The van der Waals surface area contributed by atoms with Crippen LogP contribution in [0.3, 0.4) is 0 Å². The van der Waals surface area contributed by atoms with Gasteiger partial charge in [0, 0.05) is 12.3 Å². The molecular weight excluding hydrogens is 104 g/mol. The Bertz CT molecular complexity index is 269. The molecule has 0 aromatic carbocycles. The van der Waals surface area contributed by atoms with E-state index in [1.54, 1.807) is 0 Å². The minimum absolute atomic E-state index is 0.471. The van der Waals surface area contributed by atoms with E-state index in [0.29, 0.717) is 6.92 Å². The first-order chi connectivity index (χ1) is 7.00. The van der Waals surface area contributed by atoms with Gasteiger partial charge in [-0.1, -0.05) is 0 Å². The topological polar surface area (TPSA) is 40.5 Å². The lowest BCUT2D eigenvalue weighted by Gasteiger charge is -2.31. The van der Waals surface area contributed by atoms with Gasteiger partial charge >= 0.3 is 0 Å². The third kappa shape index (κ3) is 1.80. The maximum absolute atomic E-state index is 9.81. The summed E-state index contributed by atoms with van der Waals surface area (Å²) in [6.07, 6.45) is 0. The molecule has 8 heavy (non-hydrogen) atoms. The van der Waals surface area contributed by atoms with Crippen LogP contribution in [0.1, 0.15) is 39.8 Å². The minimum atomic E-state index is -3.75. The Kier molecular flexibility index (Phi) is 0.319. The van der Waals surface area contributed by atoms with E-state index in [4.69, 9.17) is 12.3 Å². The molecule has 0 spiro atoms. The molecule has 0 heterocycles. The molecule has 2 nitrogen and oxygen atoms in total. The zero-order valence-corrected chi connectivity index (χ0v) is 4.39. The highest BCUT2D eigenvalue weighted by molar-refractivity contribution is 4.84. The first kappa shape index (κ1) is 1.50. The van der Waals surface area contributed by atoms with Crippen molar-refractivity contribution in [3.63, 3.8) is 0 Å². The summed E-state index contributed by atoms with van der Waals surface area (Å²) < 4.78 is 62.9. The fourth-order valence-electron chi connectivity index (χ4n) is 0. The van der Waals surface area contributed by atoms with E-state index in [2.05, 4.69) is 0 Å². The van der Waals surface area contributed by atoms with Crippen molar-refractivity contribution in [3.8, 4) is 0 Å². The molecule has 0 rings (SSSR count). The van der Waals surface area contributed by atoms with Crippen molar-refractivity contribution in [1.82, 2.24) is 0 Å². The SMILES string of the molecule is [2H]C([2H])([2H])C(C)(O)C(O)(C([2H])([2H])[2H])C([2H])([2H])[2H]. The quantitative estimate of drug-likeness (QED) is 0.539. The van der Waals surface area contributed by atoms with Crippen LogP contribution in [0, 0.1) is 0 Å². The summed E-state index contributed by atoms with van der Waals surface area (Å²) >= 11 is 0. The van der Waals surface area contributed by atoms with Gasteiger partial charge in [0.1, 0.15) is 0 Å². The highest BCUT2D eigenvalue weighted by atomic mass is 16.3. The molecule has 0 fully saturated rings. The van der Waals surface area contributed by atoms with E-state index in [1.807, 2.05) is 0 Å². The summed E-state index contributed by atoms with van der Waals surface area (Å²) in [6, 6.07) is 0. The molecule has 0 radical (unpaired) electrons. The molecule has 0 aromatic rings. The van der Waals surface area contributed by atoms with E-state index in [9.17, 15) is 10.2 Å². The van der Waals surface area contributed by atoms with Crippen molar-refractivity contribution in [2.75, 3.05) is 0 Å². The molecule has 2 N–H and O–H groups in total. The van der Waals surface area contributed by atoms with E-state index in [0.717, 1.165) is 0 Å². The smallest absolute Gasteiger partial charge is 0.0872 e. The zero-order valence-electron chi connectivity index (χ0n) is 13.4. The van der Waals surface area contributed by atoms with Crippen LogP contribution in [0.5, 0.6) is 0 Å². The Labute approximate surface area is 62.8 Å². The van der Waals surface area contributed by atoms with E-state index in [1.165, 1.54) is 0 Å². The van der Waals surface area contributed by atoms with Gasteiger partial charge in [0.05, 0.1) is 11.2 Å². The van der Waals surface area contributed by atoms with Crippen LogP contribution in [-0.4, -0.2) is 21.4 Å². The van der Waals surface area contributed by atoms with Crippen molar-refractivity contribution in [1.29, 1.82) is 0 Å². The molecule has 0 saturated heterocycles. The summed E-state index contributed by atoms with van der Waals surface area (Å²) in [5.74, 6) is 0. The van der Waals surface area contributed by atoms with Crippen molar-refractivity contribution in [2.45, 2.75) is 38.7 Å². The molecule has 0 aliphatic carbocycles. The predicted molar refractivity (Wildman–Crippen MR) is 32.6 cm³/mol. The van der Waals surface area contributed by atoms with Crippen LogP contribution in [0.15, 0.2) is 0 Å². The highest BCUT2D eigenvalue weighted by Gasteiger charge is 2.31. The second kappa shape index (κ2) is 1.71. The maximum atomic E-state index is 9.81. The van der Waals surface area contributed by atoms with Gasteiger partial charge in [-0.05, 0) is 27.5 Å². The molecule has 2 heteroatoms. The summed E-state index contributed by atoms with van der Waals surface area (Å²) in [6.45, 7) is -10.1. The van der Waals surface area contributed by atoms with E-state index >= 15 is 0 Å². The van der Waals surface area contributed by atoms with Crippen LogP contribution in [0.25, 0.3) is 0 Å². The largest absolute Gasteiger partial charge is 0.387 e. The lowest BCUT2D eigenvalue weighted by atomic mass is 9.90. The van der Waals surface area contributed by atoms with E-state index < -0.39 is 31.8 Å². The number of hydrogen-bond donors (Lipinski definition) is 2. The summed E-state index contributed by atoms with van der Waals surface area (Å²) in [7, 11) is 0. The molecule has 1 atom stereocenters. The Morgan fingerprint density at radius 3 is 1.62 bits per heavy atom. The standard InChI is InChI=1S/C6H14O2/c1-5(2,7)6(3,4)8/h7-8H,1-4H3/i1D3,2D3,3D3. The first-order valence-corrected chi connectivity index (χ1v) is 1.95. The zero-order chi connectivity index (χ0) is 14.5. The molecule has 0 aliphatic rings. The normalized spacial score (nSPS) is 41.6. The van der Waals surface area contributed by atoms with E-state index in [-0.39, 0.29) is 0 Å². The Morgan fingerprint density at radius 1 is 1.12 bits per heavy atom. The lowest BCUT2D eigenvalue weighted by Crippen LogP contribution is -2.44. The highest BCUT2D eigenvalue weighted by Crippen LogP contribution is 2.18. The first-order valence-electron chi connectivity index (χ1n) is 6.45. The average molecular weight is 127 g/mol. The van der Waals surface area contributed by atoms with Crippen LogP contribution in [0.4, 0.5) is 0 Å². The van der Waals surface area contributed by atoms with Crippen molar-refractivity contribution >= 4 is 0 Å². The third-order valence-electron chi connectivity index (χ3n) is 0.705. The molecular formula is C6H14O2. The van der Waals surface area contributed by atoms with Gasteiger partial charge in [-0.25, -0.2) is 0 Å². The second-order valence-electron chi connectivity index (χ2n) is 1.78. The second-order valence-corrected chi connectivity index (χ2v) is 1.78. The maximum Gasteiger partial charge on any atom is 0.0872 e. The van der Waals surface area contributed by atoms with Gasteiger partial charge in [-0.15, -0.1) is 0 Å². The number of rotatable bonds is 1. The molecule has 0 aromatic heterocycles. The van der Waals surface area contributed by atoms with Crippen molar-refractivity contribution in [2.24, 2.45) is 0 Å². The molecule has 50 valence electrons. The number of aliphatic hydroxyl groups is 2. The van der Waals surface area contributed by atoms with Gasteiger partial charge in [0.25, 0.3) is 0 Å². The van der Waals surface area contributed by atoms with Gasteiger partial charge < -0.3 is 10.2 Å². The predicted octanol–water partition coefficient (Wildman–Crippen LogP) is 0.528. The van der Waals surface area contributed by atoms with Crippen LogP contribution in [0.2, 0.25) is 0 Å². The monoisotopic (exact) mass is 127 g/mol. The Hall–Kier alpha value is -0.0800. The summed E-state index contributed by atoms with van der Waals surface area (Å²) in [5, 5.41) is 19.5. The van der Waals surface area contributed by atoms with Gasteiger partial charge in [0.2, 0.25) is 0 Å². The van der Waals surface area contributed by atoms with Gasteiger partial charge in [-0.3, -0.25) is 0 Å². The van der Waals surface area contributed by atoms with Gasteiger partial charge in [-0.2, -0.15) is 0 Å². The Morgan fingerprint density at radius 2 is 1.50 bits per heavy atom. The minimum Gasteiger partial charge on any atom is -0.387 e. The molecule has 0 bridgehead atoms. The van der Waals surface area contributed by atoms with Crippen LogP contribution < -0.4 is 0 Å². The third-order valence-corrected chi connectivity index (χ3v) is 0.705.